The van der Waals surface area contributed by atoms with Gasteiger partial charge in [0.2, 0.25) is 0 Å². The first-order valence-corrected chi connectivity index (χ1v) is 5.90. The van der Waals surface area contributed by atoms with Crippen molar-refractivity contribution in [1.82, 2.24) is 0 Å². The Balaban J connectivity index is 2.27. The van der Waals surface area contributed by atoms with Gasteiger partial charge in [0.25, 0.3) is 6.43 Å². The van der Waals surface area contributed by atoms with Crippen molar-refractivity contribution in [2.75, 3.05) is 5.32 Å². The van der Waals surface area contributed by atoms with Gasteiger partial charge in [0.15, 0.2) is 0 Å². The minimum absolute atomic E-state index is 0.154. The molecule has 1 unspecified atom stereocenters. The fraction of sp³-hybridized carbons (Fsp3) is 0.133. The molecule has 5 heteroatoms. The minimum Gasteiger partial charge on any atom is -0.364 e. The van der Waals surface area contributed by atoms with Gasteiger partial charge in [-0.15, -0.1) is 0 Å². The first-order valence-electron chi connectivity index (χ1n) is 5.90. The third-order valence-electron chi connectivity index (χ3n) is 2.80. The molecule has 0 aliphatic carbocycles. The number of hydrogen-bond acceptors (Lipinski definition) is 2. The van der Waals surface area contributed by atoms with Gasteiger partial charge in [-0.25, -0.2) is 13.2 Å². The lowest BCUT2D eigenvalue weighted by atomic mass is 10.0. The van der Waals surface area contributed by atoms with Crippen LogP contribution in [0.4, 0.5) is 18.9 Å². The Bertz CT molecular complexity index is 635. The zero-order valence-electron chi connectivity index (χ0n) is 10.4. The van der Waals surface area contributed by atoms with E-state index < -0.39 is 18.3 Å². The molecule has 2 aromatic rings. The molecule has 0 heterocycles. The number of para-hydroxylation sites is 1. The van der Waals surface area contributed by atoms with E-state index in [2.05, 4.69) is 5.32 Å². The van der Waals surface area contributed by atoms with Gasteiger partial charge in [-0.2, -0.15) is 5.26 Å². The zero-order valence-corrected chi connectivity index (χ0v) is 10.4. The van der Waals surface area contributed by atoms with Crippen molar-refractivity contribution in [2.45, 2.75) is 12.5 Å². The number of benzene rings is 2. The van der Waals surface area contributed by atoms with Crippen molar-refractivity contribution in [3.05, 3.63) is 65.5 Å². The molecule has 2 nitrogen and oxygen atoms in total. The summed E-state index contributed by atoms with van der Waals surface area (Å²) in [6.07, 6.45) is -2.61. The molecule has 0 aromatic heterocycles. The SMILES string of the molecule is N#CC(Nc1ccccc1F)c1cccc(C(F)F)c1. The van der Waals surface area contributed by atoms with Gasteiger partial charge < -0.3 is 5.32 Å². The van der Waals surface area contributed by atoms with Crippen molar-refractivity contribution in [3.63, 3.8) is 0 Å². The minimum atomic E-state index is -2.61. The molecular weight excluding hydrogens is 265 g/mol. The van der Waals surface area contributed by atoms with E-state index in [9.17, 15) is 13.2 Å². The smallest absolute Gasteiger partial charge is 0.263 e. The highest BCUT2D eigenvalue weighted by molar-refractivity contribution is 5.48. The van der Waals surface area contributed by atoms with Crippen LogP contribution in [-0.4, -0.2) is 0 Å². The fourth-order valence-electron chi connectivity index (χ4n) is 1.80. The molecule has 0 bridgehead atoms. The van der Waals surface area contributed by atoms with Crippen molar-refractivity contribution in [3.8, 4) is 6.07 Å². The molecule has 0 aliphatic rings. The second kappa shape index (κ2) is 6.11. The molecular formula is C15H11F3N2. The van der Waals surface area contributed by atoms with Crippen molar-refractivity contribution in [2.24, 2.45) is 0 Å². The lowest BCUT2D eigenvalue weighted by Gasteiger charge is -2.14. The normalized spacial score (nSPS) is 11.9. The number of nitriles is 1. The molecule has 20 heavy (non-hydrogen) atoms. The molecule has 0 aliphatic heterocycles. The summed E-state index contributed by atoms with van der Waals surface area (Å²) in [4.78, 5) is 0. The van der Waals surface area contributed by atoms with Crippen LogP contribution in [0.3, 0.4) is 0 Å². The van der Waals surface area contributed by atoms with Crippen LogP contribution in [0, 0.1) is 17.1 Å². The van der Waals surface area contributed by atoms with E-state index in [1.165, 1.54) is 36.4 Å². The number of anilines is 1. The lowest BCUT2D eigenvalue weighted by Crippen LogP contribution is -2.10. The predicted octanol–water partition coefficient (Wildman–Crippen LogP) is 4.44. The average molecular weight is 276 g/mol. The van der Waals surface area contributed by atoms with E-state index >= 15 is 0 Å². The topological polar surface area (TPSA) is 35.8 Å². The molecule has 0 saturated carbocycles. The van der Waals surface area contributed by atoms with Crippen LogP contribution in [0.25, 0.3) is 0 Å². The maximum absolute atomic E-state index is 13.5. The van der Waals surface area contributed by atoms with Crippen LogP contribution < -0.4 is 5.32 Å². The van der Waals surface area contributed by atoms with E-state index in [0.29, 0.717) is 5.56 Å². The number of nitrogens with zero attached hydrogens (tertiary/aromatic N) is 1. The first kappa shape index (κ1) is 13.9. The lowest BCUT2D eigenvalue weighted by molar-refractivity contribution is 0.151. The highest BCUT2D eigenvalue weighted by atomic mass is 19.3. The third kappa shape index (κ3) is 3.09. The summed E-state index contributed by atoms with van der Waals surface area (Å²) in [5, 5.41) is 11.8. The monoisotopic (exact) mass is 276 g/mol. The zero-order chi connectivity index (χ0) is 14.5. The number of alkyl halides is 2. The van der Waals surface area contributed by atoms with Crippen molar-refractivity contribution >= 4 is 5.69 Å². The molecule has 1 atom stereocenters. The Morgan fingerprint density at radius 3 is 2.35 bits per heavy atom. The van der Waals surface area contributed by atoms with E-state index in [-0.39, 0.29) is 11.3 Å². The summed E-state index contributed by atoms with van der Waals surface area (Å²) < 4.78 is 38.8. The van der Waals surface area contributed by atoms with Gasteiger partial charge in [0, 0.05) is 5.56 Å². The summed E-state index contributed by atoms with van der Waals surface area (Å²) in [6.45, 7) is 0. The van der Waals surface area contributed by atoms with E-state index in [0.717, 1.165) is 0 Å². The van der Waals surface area contributed by atoms with Gasteiger partial charge in [-0.1, -0.05) is 30.3 Å². The quantitative estimate of drug-likeness (QED) is 0.896. The van der Waals surface area contributed by atoms with Crippen molar-refractivity contribution < 1.29 is 13.2 Å². The number of nitrogens with one attached hydrogen (secondary N) is 1. The fourth-order valence-corrected chi connectivity index (χ4v) is 1.80. The maximum atomic E-state index is 13.5. The Morgan fingerprint density at radius 2 is 1.70 bits per heavy atom. The molecule has 1 N–H and O–H groups in total. The van der Waals surface area contributed by atoms with Crippen LogP contribution in [0.2, 0.25) is 0 Å². The van der Waals surface area contributed by atoms with Crippen molar-refractivity contribution in [1.29, 1.82) is 5.26 Å². The van der Waals surface area contributed by atoms with Crippen LogP contribution in [0.5, 0.6) is 0 Å². The predicted molar refractivity (Wildman–Crippen MR) is 69.8 cm³/mol. The van der Waals surface area contributed by atoms with Gasteiger partial charge in [0.1, 0.15) is 11.9 Å². The van der Waals surface area contributed by atoms with Gasteiger partial charge in [0.05, 0.1) is 11.8 Å². The Morgan fingerprint density at radius 1 is 1.00 bits per heavy atom. The molecule has 102 valence electrons. The summed E-state index contributed by atoms with van der Waals surface area (Å²) in [5.74, 6) is -0.502. The molecule has 2 aromatic carbocycles. The Labute approximate surface area is 114 Å². The van der Waals surface area contributed by atoms with E-state index in [1.54, 1.807) is 12.1 Å². The van der Waals surface area contributed by atoms with Crippen LogP contribution >= 0.6 is 0 Å². The second-order valence-corrected chi connectivity index (χ2v) is 4.16. The Kier molecular flexibility index (Phi) is 4.26. The van der Waals surface area contributed by atoms with Crippen LogP contribution in [-0.2, 0) is 0 Å². The largest absolute Gasteiger partial charge is 0.364 e. The van der Waals surface area contributed by atoms with E-state index in [1.807, 2.05) is 6.07 Å². The average Bonchev–Trinajstić information content (AvgIpc) is 2.46. The second-order valence-electron chi connectivity index (χ2n) is 4.16. The maximum Gasteiger partial charge on any atom is 0.263 e. The molecule has 0 amide bonds. The summed E-state index contributed by atoms with van der Waals surface area (Å²) >= 11 is 0. The molecule has 0 radical (unpaired) electrons. The third-order valence-corrected chi connectivity index (χ3v) is 2.80. The van der Waals surface area contributed by atoms with Crippen LogP contribution in [0.15, 0.2) is 48.5 Å². The molecule has 0 spiro atoms. The molecule has 2 rings (SSSR count). The van der Waals surface area contributed by atoms with Gasteiger partial charge >= 0.3 is 0 Å². The summed E-state index contributed by atoms with van der Waals surface area (Å²) in [7, 11) is 0. The highest BCUT2D eigenvalue weighted by Gasteiger charge is 2.15. The summed E-state index contributed by atoms with van der Waals surface area (Å²) in [6, 6.07) is 12.5. The van der Waals surface area contributed by atoms with Gasteiger partial charge in [-0.05, 0) is 23.8 Å². The number of halogens is 3. The first-order chi connectivity index (χ1) is 9.61. The highest BCUT2D eigenvalue weighted by Crippen LogP contribution is 2.25. The molecule has 0 saturated heterocycles. The number of rotatable bonds is 4. The number of hydrogen-bond donors (Lipinski definition) is 1. The summed E-state index contributed by atoms with van der Waals surface area (Å²) in [5.41, 5.74) is 0.355. The molecule has 0 fully saturated rings. The Hall–Kier alpha value is -2.48. The van der Waals surface area contributed by atoms with Crippen LogP contribution in [0.1, 0.15) is 23.6 Å². The standard InChI is InChI=1S/C15H11F3N2/c16-12-6-1-2-7-13(12)20-14(9-19)10-4-3-5-11(8-10)15(17)18/h1-8,14-15,20H. The van der Waals surface area contributed by atoms with E-state index in [4.69, 9.17) is 5.26 Å². The van der Waals surface area contributed by atoms with Gasteiger partial charge in [-0.3, -0.25) is 0 Å².